The van der Waals surface area contributed by atoms with E-state index in [1.807, 2.05) is 14.2 Å². The van der Waals surface area contributed by atoms with Gasteiger partial charge in [-0.15, -0.1) is 0 Å². The van der Waals surface area contributed by atoms with E-state index in [-0.39, 0.29) is 16.2 Å². The highest BCUT2D eigenvalue weighted by Gasteiger charge is 2.61. The number of hydrogen-bond donors (Lipinski definition) is 0. The quantitative estimate of drug-likeness (QED) is 0.127. The van der Waals surface area contributed by atoms with Crippen molar-refractivity contribution in [3.63, 3.8) is 0 Å². The van der Waals surface area contributed by atoms with Gasteiger partial charge in [0.25, 0.3) is 0 Å². The first-order chi connectivity index (χ1) is 15.1. The molecule has 2 heteroatoms. The van der Waals surface area contributed by atoms with Crippen molar-refractivity contribution in [2.24, 2.45) is 16.2 Å². The van der Waals surface area contributed by atoms with Gasteiger partial charge in [0.2, 0.25) is 0 Å². The van der Waals surface area contributed by atoms with Crippen LogP contribution in [0.15, 0.2) is 0 Å². The molecule has 0 aromatic heterocycles. The van der Waals surface area contributed by atoms with Crippen LogP contribution < -0.4 is 0 Å². The number of hydrogen-bond acceptors (Lipinski definition) is 2. The minimum absolute atomic E-state index is 0.0191. The lowest BCUT2D eigenvalue weighted by molar-refractivity contribution is -0.312. The third kappa shape index (κ3) is 8.30. The van der Waals surface area contributed by atoms with Gasteiger partial charge in [0.05, 0.1) is 0 Å². The smallest absolute Gasteiger partial charge is 0.170 e. The highest BCUT2D eigenvalue weighted by Crippen LogP contribution is 2.63. The molecule has 0 aliphatic rings. The highest BCUT2D eigenvalue weighted by atomic mass is 16.7. The van der Waals surface area contributed by atoms with E-state index in [1.165, 1.54) is 89.9 Å². The molecule has 0 rings (SSSR count). The molecule has 2 nitrogen and oxygen atoms in total. The lowest BCUT2D eigenvalue weighted by atomic mass is 9.47. The van der Waals surface area contributed by atoms with E-state index in [0.29, 0.717) is 0 Å². The average molecular weight is 455 g/mol. The first-order valence-electron chi connectivity index (χ1n) is 14.2. The van der Waals surface area contributed by atoms with Crippen molar-refractivity contribution < 1.29 is 9.47 Å². The summed E-state index contributed by atoms with van der Waals surface area (Å²) in [7, 11) is 3.71. The van der Waals surface area contributed by atoms with Crippen LogP contribution in [-0.4, -0.2) is 20.0 Å². The third-order valence-electron chi connectivity index (χ3n) is 9.33. The molecule has 0 aromatic rings. The molecule has 32 heavy (non-hydrogen) atoms. The summed E-state index contributed by atoms with van der Waals surface area (Å²) in [4.78, 5) is 0. The zero-order valence-corrected chi connectivity index (χ0v) is 24.1. The molecule has 0 heterocycles. The van der Waals surface area contributed by atoms with Gasteiger partial charge in [-0.25, -0.2) is 0 Å². The summed E-state index contributed by atoms with van der Waals surface area (Å²) in [6, 6.07) is 0. The second-order valence-electron chi connectivity index (χ2n) is 11.7. The maximum atomic E-state index is 6.23. The molecular formula is C30H62O2. The summed E-state index contributed by atoms with van der Waals surface area (Å²) in [6.07, 6.45) is 20.9. The average Bonchev–Trinajstić information content (AvgIpc) is 2.76. The monoisotopic (exact) mass is 454 g/mol. The van der Waals surface area contributed by atoms with Gasteiger partial charge in [0, 0.05) is 19.6 Å². The molecule has 0 fully saturated rings. The van der Waals surface area contributed by atoms with E-state index in [0.717, 1.165) is 12.8 Å². The van der Waals surface area contributed by atoms with Gasteiger partial charge in [0.1, 0.15) is 0 Å². The number of unbranched alkanes of at least 4 members (excludes halogenated alkanes) is 10. The Morgan fingerprint density at radius 1 is 0.469 bits per heavy atom. The zero-order valence-electron chi connectivity index (χ0n) is 24.1. The highest BCUT2D eigenvalue weighted by molar-refractivity contribution is 5.06. The predicted octanol–water partition coefficient (Wildman–Crippen LogP) is 10.3. The Balaban J connectivity index is 5.63. The van der Waals surface area contributed by atoms with Crippen molar-refractivity contribution in [2.75, 3.05) is 14.2 Å². The van der Waals surface area contributed by atoms with Crippen molar-refractivity contribution in [3.8, 4) is 0 Å². The Hall–Kier alpha value is -0.0800. The maximum Gasteiger partial charge on any atom is 0.170 e. The Labute approximate surface area is 204 Å². The summed E-state index contributed by atoms with van der Waals surface area (Å²) >= 11 is 0. The molecule has 0 saturated carbocycles. The van der Waals surface area contributed by atoms with Crippen molar-refractivity contribution >= 4 is 0 Å². The van der Waals surface area contributed by atoms with Gasteiger partial charge in [-0.3, -0.25) is 0 Å². The van der Waals surface area contributed by atoms with Gasteiger partial charge in [-0.1, -0.05) is 132 Å². The normalized spacial score (nSPS) is 15.2. The topological polar surface area (TPSA) is 18.5 Å². The molecule has 0 radical (unpaired) electrons. The second-order valence-corrected chi connectivity index (χ2v) is 11.7. The molecule has 0 aliphatic heterocycles. The minimum atomic E-state index is -0.575. The van der Waals surface area contributed by atoms with Crippen LogP contribution in [0.25, 0.3) is 0 Å². The van der Waals surface area contributed by atoms with E-state index in [4.69, 9.17) is 9.47 Å². The van der Waals surface area contributed by atoms with E-state index in [9.17, 15) is 0 Å². The van der Waals surface area contributed by atoms with Crippen LogP contribution in [0, 0.1) is 16.2 Å². The predicted molar refractivity (Wildman–Crippen MR) is 143 cm³/mol. The zero-order chi connectivity index (χ0) is 24.7. The molecule has 1 unspecified atom stereocenters. The lowest BCUT2D eigenvalue weighted by Gasteiger charge is -2.61. The van der Waals surface area contributed by atoms with E-state index in [1.54, 1.807) is 0 Å². The van der Waals surface area contributed by atoms with Crippen LogP contribution in [-0.2, 0) is 9.47 Å². The van der Waals surface area contributed by atoms with Gasteiger partial charge in [0.15, 0.2) is 5.79 Å². The molecule has 0 saturated heterocycles. The number of ether oxygens (including phenoxy) is 2. The van der Waals surface area contributed by atoms with Crippen molar-refractivity contribution in [1.29, 1.82) is 0 Å². The van der Waals surface area contributed by atoms with Crippen molar-refractivity contribution in [2.45, 2.75) is 164 Å². The number of rotatable bonds is 21. The summed E-state index contributed by atoms with van der Waals surface area (Å²) < 4.78 is 12.5. The van der Waals surface area contributed by atoms with Crippen LogP contribution in [0.5, 0.6) is 0 Å². The van der Waals surface area contributed by atoms with Gasteiger partial charge in [-0.05, 0) is 37.0 Å². The Bertz CT molecular complexity index is 450. The fraction of sp³-hybridized carbons (Fsp3) is 1.00. The molecule has 1 atom stereocenters. The van der Waals surface area contributed by atoms with Crippen molar-refractivity contribution in [1.82, 2.24) is 0 Å². The second kappa shape index (κ2) is 15.8. The Morgan fingerprint density at radius 2 is 0.875 bits per heavy atom. The molecule has 0 amide bonds. The maximum absolute atomic E-state index is 6.23. The number of methoxy groups -OCH3 is 2. The summed E-state index contributed by atoms with van der Waals surface area (Å²) in [6.45, 7) is 19.2. The van der Waals surface area contributed by atoms with E-state index >= 15 is 0 Å². The first kappa shape index (κ1) is 31.9. The Kier molecular flexibility index (Phi) is 15.7. The first-order valence-corrected chi connectivity index (χ1v) is 14.2. The Morgan fingerprint density at radius 3 is 1.31 bits per heavy atom. The van der Waals surface area contributed by atoms with Crippen LogP contribution in [0.1, 0.15) is 158 Å². The van der Waals surface area contributed by atoms with Crippen LogP contribution in [0.3, 0.4) is 0 Å². The van der Waals surface area contributed by atoms with Crippen LogP contribution in [0.2, 0.25) is 0 Å². The fourth-order valence-corrected chi connectivity index (χ4v) is 6.19. The molecule has 0 aromatic carbocycles. The van der Waals surface area contributed by atoms with Crippen LogP contribution in [0.4, 0.5) is 0 Å². The van der Waals surface area contributed by atoms with Gasteiger partial charge in [-0.2, -0.15) is 0 Å². The minimum Gasteiger partial charge on any atom is -0.353 e. The third-order valence-corrected chi connectivity index (χ3v) is 9.33. The summed E-state index contributed by atoms with van der Waals surface area (Å²) in [5, 5.41) is 0. The molecular weight excluding hydrogens is 392 g/mol. The fourth-order valence-electron chi connectivity index (χ4n) is 6.19. The molecule has 0 bridgehead atoms. The van der Waals surface area contributed by atoms with E-state index < -0.39 is 5.79 Å². The molecule has 0 spiro atoms. The molecule has 0 aliphatic carbocycles. The van der Waals surface area contributed by atoms with Crippen molar-refractivity contribution in [3.05, 3.63) is 0 Å². The SMILES string of the molecule is CCCCCCCCCCC(CCC)(C(C)(OC)OC)C(C)(C)C(C)(C)CCCCCC. The molecule has 0 N–H and O–H groups in total. The standard InChI is InChI=1S/C30H62O2/c1-11-14-16-18-19-20-21-23-26-30(24-13-3,29(8,31-9)32-10)28(6,7)27(4,5)25-22-17-15-12-2/h11-26H2,1-10H3. The van der Waals surface area contributed by atoms with Gasteiger partial charge >= 0.3 is 0 Å². The van der Waals surface area contributed by atoms with Crippen LogP contribution >= 0.6 is 0 Å². The van der Waals surface area contributed by atoms with E-state index in [2.05, 4.69) is 55.4 Å². The summed E-state index contributed by atoms with van der Waals surface area (Å²) in [5.41, 5.74) is 0.285. The van der Waals surface area contributed by atoms with Gasteiger partial charge < -0.3 is 9.47 Å². The molecule has 194 valence electrons. The lowest BCUT2D eigenvalue weighted by Crippen LogP contribution is -2.61. The summed E-state index contributed by atoms with van der Waals surface area (Å²) in [5.74, 6) is -0.575. The largest absolute Gasteiger partial charge is 0.353 e.